The van der Waals surface area contributed by atoms with Crippen LogP contribution in [0, 0.1) is 0 Å². The summed E-state index contributed by atoms with van der Waals surface area (Å²) in [6, 6.07) is 12.9. The number of carbonyl (C=O) groups excluding carboxylic acids is 1. The molecule has 0 saturated heterocycles. The van der Waals surface area contributed by atoms with Gasteiger partial charge < -0.3 is 4.74 Å². The first-order valence-electron chi connectivity index (χ1n) is 7.19. The van der Waals surface area contributed by atoms with E-state index in [-0.39, 0.29) is 5.97 Å². The van der Waals surface area contributed by atoms with Gasteiger partial charge in [0.25, 0.3) is 0 Å². The average Bonchev–Trinajstić information content (AvgIpc) is 2.42. The SMILES string of the molecule is CC(=O)Oc1cc2ccc1CCc1ccc(c(Br)c1)CC2. The first-order valence-corrected chi connectivity index (χ1v) is 7.98. The van der Waals surface area contributed by atoms with E-state index in [0.717, 1.165) is 31.2 Å². The van der Waals surface area contributed by atoms with Crippen molar-refractivity contribution >= 4 is 21.9 Å². The number of esters is 1. The highest BCUT2D eigenvalue weighted by Gasteiger charge is 2.11. The lowest BCUT2D eigenvalue weighted by Gasteiger charge is -2.14. The molecule has 0 unspecified atom stereocenters. The summed E-state index contributed by atoms with van der Waals surface area (Å²) in [7, 11) is 0. The van der Waals surface area contributed by atoms with Crippen LogP contribution >= 0.6 is 15.9 Å². The van der Waals surface area contributed by atoms with Crippen LogP contribution in [0.5, 0.6) is 5.75 Å². The number of aryl methyl sites for hydroxylation is 4. The first kappa shape index (κ1) is 14.3. The van der Waals surface area contributed by atoms with Gasteiger partial charge in [0, 0.05) is 11.4 Å². The molecule has 2 aromatic rings. The van der Waals surface area contributed by atoms with E-state index in [1.165, 1.54) is 28.1 Å². The van der Waals surface area contributed by atoms with Crippen LogP contribution in [0.1, 0.15) is 29.2 Å². The van der Waals surface area contributed by atoms with Crippen LogP contribution in [-0.2, 0) is 30.5 Å². The van der Waals surface area contributed by atoms with E-state index in [1.807, 2.05) is 6.07 Å². The molecular weight excluding hydrogens is 328 g/mol. The Hall–Kier alpha value is -1.61. The van der Waals surface area contributed by atoms with Crippen molar-refractivity contribution < 1.29 is 9.53 Å². The fourth-order valence-electron chi connectivity index (χ4n) is 2.72. The van der Waals surface area contributed by atoms with Gasteiger partial charge in [0.05, 0.1) is 0 Å². The highest BCUT2D eigenvalue weighted by molar-refractivity contribution is 9.10. The quantitative estimate of drug-likeness (QED) is 0.570. The maximum atomic E-state index is 11.3. The molecule has 0 heterocycles. The molecule has 0 fully saturated rings. The molecule has 2 nitrogen and oxygen atoms in total. The Bertz CT molecular complexity index is 692. The Balaban J connectivity index is 1.99. The molecule has 0 N–H and O–H groups in total. The average molecular weight is 345 g/mol. The van der Waals surface area contributed by atoms with Crippen LogP contribution in [0.3, 0.4) is 0 Å². The van der Waals surface area contributed by atoms with Gasteiger partial charge in [-0.15, -0.1) is 0 Å². The van der Waals surface area contributed by atoms with Gasteiger partial charge in [-0.2, -0.15) is 0 Å². The van der Waals surface area contributed by atoms with Crippen LogP contribution in [0.2, 0.25) is 0 Å². The third-order valence-corrected chi connectivity index (χ3v) is 4.61. The number of benzene rings is 2. The minimum Gasteiger partial charge on any atom is -0.426 e. The lowest BCUT2D eigenvalue weighted by molar-refractivity contribution is -0.131. The standard InChI is InChI=1S/C18H17BrO2/c1-12(20)21-18-11-14-3-7-15-6-2-13(10-17(15)19)4-8-16(18)9-5-14/h2,5-6,9-11H,3-4,7-8H2,1H3. The zero-order chi connectivity index (χ0) is 14.8. The second-order valence-electron chi connectivity index (χ2n) is 5.46. The number of carbonyl (C=O) groups is 1. The van der Waals surface area contributed by atoms with Gasteiger partial charge in [-0.3, -0.25) is 4.79 Å². The monoisotopic (exact) mass is 344 g/mol. The molecule has 0 amide bonds. The van der Waals surface area contributed by atoms with Crippen molar-refractivity contribution in [2.24, 2.45) is 0 Å². The first-order chi connectivity index (χ1) is 10.1. The minimum atomic E-state index is -0.258. The van der Waals surface area contributed by atoms with Crippen molar-refractivity contribution in [1.82, 2.24) is 0 Å². The van der Waals surface area contributed by atoms with E-state index in [2.05, 4.69) is 46.3 Å². The molecule has 4 aliphatic rings. The van der Waals surface area contributed by atoms with E-state index >= 15 is 0 Å². The van der Waals surface area contributed by atoms with Crippen molar-refractivity contribution in [3.8, 4) is 5.75 Å². The molecule has 2 aromatic carbocycles. The number of rotatable bonds is 1. The van der Waals surface area contributed by atoms with Gasteiger partial charge in [0.15, 0.2) is 0 Å². The van der Waals surface area contributed by atoms with E-state index in [9.17, 15) is 4.79 Å². The normalized spacial score (nSPS) is 13.6. The smallest absolute Gasteiger partial charge is 0.308 e. The molecule has 4 bridgehead atoms. The highest BCUT2D eigenvalue weighted by Crippen LogP contribution is 2.27. The number of hydrogen-bond donors (Lipinski definition) is 0. The summed E-state index contributed by atoms with van der Waals surface area (Å²) in [5.74, 6) is 0.459. The predicted octanol–water partition coefficient (Wildman–Crippen LogP) is 4.26. The van der Waals surface area contributed by atoms with Gasteiger partial charge in [-0.1, -0.05) is 40.2 Å². The molecule has 21 heavy (non-hydrogen) atoms. The minimum absolute atomic E-state index is 0.258. The molecule has 3 heteroatoms. The summed E-state index contributed by atoms with van der Waals surface area (Å²) >= 11 is 3.67. The van der Waals surface area contributed by atoms with Gasteiger partial charge in [-0.05, 0) is 60.1 Å². The number of halogens is 1. The molecule has 6 rings (SSSR count). The fraction of sp³-hybridized carbons (Fsp3) is 0.278. The Kier molecular flexibility index (Phi) is 4.11. The van der Waals surface area contributed by atoms with Gasteiger partial charge in [-0.25, -0.2) is 0 Å². The fourth-order valence-corrected chi connectivity index (χ4v) is 3.34. The molecule has 0 radical (unpaired) electrons. The maximum absolute atomic E-state index is 11.3. The molecule has 0 atom stereocenters. The summed E-state index contributed by atoms with van der Waals surface area (Å²) in [6.07, 6.45) is 3.72. The van der Waals surface area contributed by atoms with Crippen molar-refractivity contribution in [3.05, 3.63) is 63.1 Å². The Labute approximate surface area is 133 Å². The summed E-state index contributed by atoms with van der Waals surface area (Å²) < 4.78 is 6.57. The van der Waals surface area contributed by atoms with Gasteiger partial charge in [0.1, 0.15) is 5.75 Å². The maximum Gasteiger partial charge on any atom is 0.308 e. The second kappa shape index (κ2) is 6.02. The lowest BCUT2D eigenvalue weighted by Crippen LogP contribution is -2.06. The van der Waals surface area contributed by atoms with Gasteiger partial charge >= 0.3 is 5.97 Å². The van der Waals surface area contributed by atoms with Crippen LogP contribution in [0.25, 0.3) is 0 Å². The second-order valence-corrected chi connectivity index (χ2v) is 6.32. The molecular formula is C18H17BrO2. The van der Waals surface area contributed by atoms with E-state index in [4.69, 9.17) is 4.74 Å². The van der Waals surface area contributed by atoms with Crippen LogP contribution in [0.4, 0.5) is 0 Å². The Morgan fingerprint density at radius 3 is 2.24 bits per heavy atom. The molecule has 0 spiro atoms. The van der Waals surface area contributed by atoms with Crippen molar-refractivity contribution in [1.29, 1.82) is 0 Å². The third-order valence-electron chi connectivity index (χ3n) is 3.87. The third kappa shape index (κ3) is 3.35. The summed E-state index contributed by atoms with van der Waals surface area (Å²) in [5.41, 5.74) is 4.91. The molecule has 0 aromatic heterocycles. The van der Waals surface area contributed by atoms with Crippen LogP contribution in [0.15, 0.2) is 40.9 Å². The largest absolute Gasteiger partial charge is 0.426 e. The van der Waals surface area contributed by atoms with Crippen molar-refractivity contribution in [2.75, 3.05) is 0 Å². The molecule has 108 valence electrons. The Morgan fingerprint density at radius 1 is 0.952 bits per heavy atom. The van der Waals surface area contributed by atoms with Crippen LogP contribution < -0.4 is 4.74 Å². The van der Waals surface area contributed by atoms with E-state index < -0.39 is 0 Å². The summed E-state index contributed by atoms with van der Waals surface area (Å²) in [6.45, 7) is 1.45. The zero-order valence-corrected chi connectivity index (χ0v) is 13.6. The molecule has 0 aliphatic heterocycles. The van der Waals surface area contributed by atoms with E-state index in [1.54, 1.807) is 0 Å². The summed E-state index contributed by atoms with van der Waals surface area (Å²) in [5, 5.41) is 0. The van der Waals surface area contributed by atoms with E-state index in [0.29, 0.717) is 5.75 Å². The Morgan fingerprint density at radius 2 is 1.57 bits per heavy atom. The van der Waals surface area contributed by atoms with Gasteiger partial charge in [0.2, 0.25) is 0 Å². The highest BCUT2D eigenvalue weighted by atomic mass is 79.9. The van der Waals surface area contributed by atoms with Crippen molar-refractivity contribution in [2.45, 2.75) is 32.6 Å². The molecule has 0 saturated carbocycles. The zero-order valence-electron chi connectivity index (χ0n) is 12.0. The lowest BCUT2D eigenvalue weighted by atomic mass is 9.96. The molecule has 4 aliphatic carbocycles. The topological polar surface area (TPSA) is 26.3 Å². The van der Waals surface area contributed by atoms with Crippen LogP contribution in [-0.4, -0.2) is 5.97 Å². The summed E-state index contributed by atoms with van der Waals surface area (Å²) in [4.78, 5) is 11.3. The predicted molar refractivity (Wildman–Crippen MR) is 86.7 cm³/mol. The van der Waals surface area contributed by atoms with Crippen molar-refractivity contribution in [3.63, 3.8) is 0 Å². The number of ether oxygens (including phenoxy) is 1. The number of hydrogen-bond acceptors (Lipinski definition) is 2.